The molecular weight excluding hydrogens is 496 g/mol. The Hall–Kier alpha value is -4.02. The number of benzene rings is 2. The quantitative estimate of drug-likeness (QED) is 0.270. The second kappa shape index (κ2) is 12.3. The van der Waals surface area contributed by atoms with Crippen LogP contribution >= 0.6 is 11.8 Å². The highest BCUT2D eigenvalue weighted by atomic mass is 32.2. The van der Waals surface area contributed by atoms with E-state index in [1.807, 2.05) is 37.3 Å². The lowest BCUT2D eigenvalue weighted by molar-refractivity contribution is -0.122. The SMILES string of the molecule is CCOCCN1C(=O)/C(=C/c2ccc(OCc3ccc(C(=O)O)o3)c(OC)c2)SC1=Nc1ccccc1. The number of rotatable bonds is 11. The van der Waals surface area contributed by atoms with Crippen LogP contribution in [0.15, 0.2) is 75.0 Å². The number of hydrogen-bond acceptors (Lipinski definition) is 8. The van der Waals surface area contributed by atoms with E-state index in [0.717, 1.165) is 11.3 Å². The number of furan rings is 1. The van der Waals surface area contributed by atoms with Gasteiger partial charge in [-0.05, 0) is 66.7 Å². The molecule has 2 heterocycles. The maximum Gasteiger partial charge on any atom is 0.371 e. The van der Waals surface area contributed by atoms with Crippen molar-refractivity contribution in [2.75, 3.05) is 26.9 Å². The Morgan fingerprint density at radius 1 is 1.14 bits per heavy atom. The minimum Gasteiger partial charge on any atom is -0.493 e. The van der Waals surface area contributed by atoms with Gasteiger partial charge in [0.1, 0.15) is 12.4 Å². The number of ether oxygens (including phenoxy) is 3. The summed E-state index contributed by atoms with van der Waals surface area (Å²) in [4.78, 5) is 31.0. The molecule has 0 unspecified atom stereocenters. The number of carbonyl (C=O) groups is 2. The Morgan fingerprint density at radius 3 is 2.65 bits per heavy atom. The number of carbonyl (C=O) groups excluding carboxylic acids is 1. The third kappa shape index (κ3) is 6.60. The number of carboxylic acid groups (broad SMARTS) is 1. The van der Waals surface area contributed by atoms with Gasteiger partial charge in [0.2, 0.25) is 5.76 Å². The molecule has 0 atom stereocenters. The van der Waals surface area contributed by atoms with Gasteiger partial charge in [-0.25, -0.2) is 9.79 Å². The molecule has 192 valence electrons. The van der Waals surface area contributed by atoms with Crippen molar-refractivity contribution in [1.82, 2.24) is 4.90 Å². The molecule has 0 radical (unpaired) electrons. The molecule has 0 bridgehead atoms. The van der Waals surface area contributed by atoms with E-state index in [1.165, 1.54) is 24.9 Å². The van der Waals surface area contributed by atoms with Crippen LogP contribution in [0.5, 0.6) is 11.5 Å². The molecule has 2 aromatic carbocycles. The highest BCUT2D eigenvalue weighted by Crippen LogP contribution is 2.36. The van der Waals surface area contributed by atoms with Crippen LogP contribution in [-0.4, -0.2) is 53.9 Å². The van der Waals surface area contributed by atoms with E-state index < -0.39 is 5.97 Å². The molecule has 1 saturated heterocycles. The van der Waals surface area contributed by atoms with Crippen molar-refractivity contribution in [1.29, 1.82) is 0 Å². The lowest BCUT2D eigenvalue weighted by Gasteiger charge is -2.15. The Bertz CT molecular complexity index is 1320. The predicted octanol–water partition coefficient (Wildman–Crippen LogP) is 5.21. The summed E-state index contributed by atoms with van der Waals surface area (Å²) in [5, 5.41) is 9.58. The van der Waals surface area contributed by atoms with Gasteiger partial charge in [-0.15, -0.1) is 0 Å². The zero-order valence-corrected chi connectivity index (χ0v) is 21.2. The molecule has 10 heteroatoms. The molecule has 4 rings (SSSR count). The maximum atomic E-state index is 13.2. The molecule has 1 aromatic heterocycles. The van der Waals surface area contributed by atoms with E-state index in [0.29, 0.717) is 47.1 Å². The largest absolute Gasteiger partial charge is 0.493 e. The van der Waals surface area contributed by atoms with E-state index in [-0.39, 0.29) is 18.3 Å². The topological polar surface area (TPSA) is 111 Å². The van der Waals surface area contributed by atoms with Crippen LogP contribution in [0.25, 0.3) is 6.08 Å². The normalized spacial score (nSPS) is 15.5. The first-order valence-corrected chi connectivity index (χ1v) is 12.4. The zero-order valence-electron chi connectivity index (χ0n) is 20.4. The summed E-state index contributed by atoms with van der Waals surface area (Å²) in [6, 6.07) is 17.7. The minimum absolute atomic E-state index is 0.0342. The lowest BCUT2D eigenvalue weighted by atomic mass is 10.2. The van der Waals surface area contributed by atoms with Gasteiger partial charge < -0.3 is 23.7 Å². The van der Waals surface area contributed by atoms with Gasteiger partial charge in [0.05, 0.1) is 30.9 Å². The van der Waals surface area contributed by atoms with Crippen LogP contribution in [0.1, 0.15) is 28.8 Å². The van der Waals surface area contributed by atoms with Crippen molar-refractivity contribution >= 4 is 40.6 Å². The second-order valence-corrected chi connectivity index (χ2v) is 8.77. The number of thioether (sulfide) groups is 1. The molecule has 0 aliphatic carbocycles. The average Bonchev–Trinajstić information content (AvgIpc) is 3.49. The first-order chi connectivity index (χ1) is 18.0. The van der Waals surface area contributed by atoms with Crippen molar-refractivity contribution in [2.24, 2.45) is 4.99 Å². The molecule has 1 N–H and O–H groups in total. The van der Waals surface area contributed by atoms with Gasteiger partial charge in [-0.2, -0.15) is 0 Å². The average molecular weight is 523 g/mol. The number of aliphatic imine (C=N–C) groups is 1. The van der Waals surface area contributed by atoms with Crippen molar-refractivity contribution in [3.05, 3.63) is 82.7 Å². The summed E-state index contributed by atoms with van der Waals surface area (Å²) in [6.07, 6.45) is 1.78. The van der Waals surface area contributed by atoms with Gasteiger partial charge in [-0.1, -0.05) is 24.3 Å². The number of aromatic carboxylic acids is 1. The fourth-order valence-electron chi connectivity index (χ4n) is 3.47. The number of amidine groups is 1. The maximum absolute atomic E-state index is 13.2. The Kier molecular flexibility index (Phi) is 8.65. The summed E-state index contributed by atoms with van der Waals surface area (Å²) >= 11 is 1.30. The standard InChI is InChI=1S/C27H26N2O7S/c1-3-34-14-13-29-25(30)24(37-27(29)28-19-7-5-4-6-8-19)16-18-9-11-21(23(15-18)33-2)35-17-20-10-12-22(36-20)26(31)32/h4-12,15-16H,3,13-14,17H2,1-2H3,(H,31,32)/b24-16-,28-27?. The fraction of sp³-hybridized carbons (Fsp3) is 0.222. The number of para-hydroxylation sites is 1. The zero-order chi connectivity index (χ0) is 26.2. The fourth-order valence-corrected chi connectivity index (χ4v) is 4.49. The molecule has 3 aromatic rings. The first-order valence-electron chi connectivity index (χ1n) is 11.5. The Labute approximate surface area is 218 Å². The van der Waals surface area contributed by atoms with Crippen molar-refractivity contribution < 1.29 is 33.3 Å². The number of carboxylic acids is 1. The van der Waals surface area contributed by atoms with Crippen LogP contribution in [0.2, 0.25) is 0 Å². The van der Waals surface area contributed by atoms with Crippen LogP contribution in [0, 0.1) is 0 Å². The summed E-state index contributed by atoms with van der Waals surface area (Å²) in [6.45, 7) is 3.32. The summed E-state index contributed by atoms with van der Waals surface area (Å²) in [5.41, 5.74) is 1.51. The van der Waals surface area contributed by atoms with Crippen LogP contribution < -0.4 is 9.47 Å². The molecule has 37 heavy (non-hydrogen) atoms. The van der Waals surface area contributed by atoms with E-state index in [2.05, 4.69) is 4.99 Å². The molecule has 9 nitrogen and oxygen atoms in total. The smallest absolute Gasteiger partial charge is 0.371 e. The van der Waals surface area contributed by atoms with Gasteiger partial charge in [-0.3, -0.25) is 9.69 Å². The Balaban J connectivity index is 1.53. The number of methoxy groups -OCH3 is 1. The molecule has 0 spiro atoms. The van der Waals surface area contributed by atoms with Gasteiger partial charge in [0.25, 0.3) is 5.91 Å². The van der Waals surface area contributed by atoms with Crippen molar-refractivity contribution in [3.8, 4) is 11.5 Å². The Morgan fingerprint density at radius 2 is 1.95 bits per heavy atom. The monoisotopic (exact) mass is 522 g/mol. The van der Waals surface area contributed by atoms with E-state index in [9.17, 15) is 9.59 Å². The molecule has 1 aliphatic rings. The van der Waals surface area contributed by atoms with Crippen molar-refractivity contribution in [2.45, 2.75) is 13.5 Å². The van der Waals surface area contributed by atoms with Gasteiger partial charge in [0, 0.05) is 6.61 Å². The van der Waals surface area contributed by atoms with Crippen LogP contribution in [0.3, 0.4) is 0 Å². The molecular formula is C27H26N2O7S. The van der Waals surface area contributed by atoms with Gasteiger partial charge >= 0.3 is 5.97 Å². The van der Waals surface area contributed by atoms with Crippen LogP contribution in [0.4, 0.5) is 5.69 Å². The summed E-state index contributed by atoms with van der Waals surface area (Å²) in [5.74, 6) is -0.165. The second-order valence-electron chi connectivity index (χ2n) is 7.76. The first kappa shape index (κ1) is 26.1. The third-order valence-corrected chi connectivity index (χ3v) is 6.27. The molecule has 1 fully saturated rings. The predicted molar refractivity (Wildman–Crippen MR) is 140 cm³/mol. The summed E-state index contributed by atoms with van der Waals surface area (Å²) < 4.78 is 21.9. The van der Waals surface area contributed by atoms with Crippen LogP contribution in [-0.2, 0) is 16.1 Å². The third-order valence-electron chi connectivity index (χ3n) is 5.26. The van der Waals surface area contributed by atoms with E-state index in [1.54, 1.807) is 35.2 Å². The molecule has 1 aliphatic heterocycles. The highest BCUT2D eigenvalue weighted by Gasteiger charge is 2.33. The molecule has 1 amide bonds. The number of nitrogens with zero attached hydrogens (tertiary/aromatic N) is 2. The number of hydrogen-bond donors (Lipinski definition) is 1. The van der Waals surface area contributed by atoms with Gasteiger partial charge in [0.15, 0.2) is 16.7 Å². The molecule has 0 saturated carbocycles. The summed E-state index contributed by atoms with van der Waals surface area (Å²) in [7, 11) is 1.52. The number of amides is 1. The van der Waals surface area contributed by atoms with E-state index in [4.69, 9.17) is 23.7 Å². The lowest BCUT2D eigenvalue weighted by Crippen LogP contribution is -2.32. The van der Waals surface area contributed by atoms with Crippen molar-refractivity contribution in [3.63, 3.8) is 0 Å². The minimum atomic E-state index is -1.14. The van der Waals surface area contributed by atoms with E-state index >= 15 is 0 Å². The highest BCUT2D eigenvalue weighted by molar-refractivity contribution is 8.18.